The highest BCUT2D eigenvalue weighted by Crippen LogP contribution is 2.39. The van der Waals surface area contributed by atoms with E-state index in [0.717, 1.165) is 59.1 Å². The largest absolute Gasteiger partial charge is 0.493 e. The van der Waals surface area contributed by atoms with Crippen molar-refractivity contribution in [3.8, 4) is 45.1 Å². The van der Waals surface area contributed by atoms with Gasteiger partial charge in [-0.25, -0.2) is 4.98 Å². The number of para-hydroxylation sites is 1. The molecule has 0 saturated carbocycles. The van der Waals surface area contributed by atoms with Crippen molar-refractivity contribution < 1.29 is 28.4 Å². The molecule has 1 fully saturated rings. The van der Waals surface area contributed by atoms with Crippen molar-refractivity contribution in [2.24, 2.45) is 0 Å². The van der Waals surface area contributed by atoms with E-state index in [1.54, 1.807) is 39.8 Å². The van der Waals surface area contributed by atoms with Gasteiger partial charge in [0.05, 0.1) is 38.7 Å². The van der Waals surface area contributed by atoms with Crippen LogP contribution in [0, 0.1) is 0 Å². The van der Waals surface area contributed by atoms with Gasteiger partial charge in [0.1, 0.15) is 23.0 Å². The summed E-state index contributed by atoms with van der Waals surface area (Å²) in [5.41, 5.74) is 4.05. The molecule has 6 rings (SSSR count). The van der Waals surface area contributed by atoms with Gasteiger partial charge in [-0.3, -0.25) is 9.80 Å². The first kappa shape index (κ1) is 38.0. The molecule has 1 aliphatic rings. The smallest absolute Gasteiger partial charge is 0.203 e. The average Bonchev–Trinajstić information content (AvgIpc) is 3.64. The summed E-state index contributed by atoms with van der Waals surface area (Å²) < 4.78 is 36.4. The van der Waals surface area contributed by atoms with Crippen molar-refractivity contribution in [1.29, 1.82) is 0 Å². The maximum absolute atomic E-state index is 6.58. The zero-order valence-corrected chi connectivity index (χ0v) is 32.8. The lowest BCUT2D eigenvalue weighted by molar-refractivity contribution is 0.0119. The number of nitrogens with zero attached hydrogens (tertiary/aromatic N) is 3. The third-order valence-corrected chi connectivity index (χ3v) is 11.3. The van der Waals surface area contributed by atoms with E-state index < -0.39 is 0 Å². The van der Waals surface area contributed by atoms with Gasteiger partial charge >= 0.3 is 0 Å². The second kappa shape index (κ2) is 17.4. The number of fused-ring (bicyclic) bond motifs is 1. The monoisotopic (exact) mass is 737 g/mol. The van der Waals surface area contributed by atoms with Crippen LogP contribution < -0.4 is 28.4 Å². The van der Waals surface area contributed by atoms with E-state index in [1.165, 1.54) is 4.70 Å². The fourth-order valence-electron chi connectivity index (χ4n) is 6.71. The summed E-state index contributed by atoms with van der Waals surface area (Å²) in [7, 11) is 6.50. The van der Waals surface area contributed by atoms with Gasteiger partial charge in [0.15, 0.2) is 23.0 Å². The molecule has 4 aromatic carbocycles. The number of ether oxygens (including phenoxy) is 6. The highest BCUT2D eigenvalue weighted by molar-refractivity contribution is 7.21. The topological polar surface area (TPSA) is 74.8 Å². The molecular formula is C43H51N3O6S. The maximum Gasteiger partial charge on any atom is 0.203 e. The minimum Gasteiger partial charge on any atom is -0.493 e. The van der Waals surface area contributed by atoms with Gasteiger partial charge in [-0.1, -0.05) is 30.4 Å². The predicted molar refractivity (Wildman–Crippen MR) is 215 cm³/mol. The molecule has 4 unspecified atom stereocenters. The van der Waals surface area contributed by atoms with Gasteiger partial charge in [0.25, 0.3) is 0 Å². The summed E-state index contributed by atoms with van der Waals surface area (Å²) >= 11 is 1.72. The van der Waals surface area contributed by atoms with E-state index in [0.29, 0.717) is 28.7 Å². The SMILES string of the molecule is COc1ccc(C=Cc2cc(OC)c(OC)c(OC)c2)cc1OC(C)C(C)N1CCN(C(C)C(C)Oc2ccc(-c3nc4ccccc4s3)cc2)CC1. The second-order valence-corrected chi connectivity index (χ2v) is 14.4. The lowest BCUT2D eigenvalue weighted by atomic mass is 10.1. The van der Waals surface area contributed by atoms with Crippen LogP contribution in [0.15, 0.2) is 78.9 Å². The number of hydrogen-bond acceptors (Lipinski definition) is 10. The molecule has 5 aromatic rings. The molecule has 1 saturated heterocycles. The standard InChI is InChI=1S/C43H51N3O6S/c1-28(30(3)51-35-18-16-34(17-19-35)43-44-36-11-9-10-12-41(36)53-43)45-21-23-46(24-22-45)29(2)31(4)52-38-25-32(15-20-37(38)47-5)13-14-33-26-39(48-6)42(50-8)40(27-33)49-7/h9-20,25-31H,21-24H2,1-8H3. The predicted octanol–water partition coefficient (Wildman–Crippen LogP) is 8.80. The maximum atomic E-state index is 6.58. The lowest BCUT2D eigenvalue weighted by Crippen LogP contribution is -2.56. The first-order chi connectivity index (χ1) is 25.7. The number of piperazine rings is 1. The first-order valence-corrected chi connectivity index (χ1v) is 19.0. The molecule has 9 nitrogen and oxygen atoms in total. The zero-order chi connectivity index (χ0) is 37.5. The van der Waals surface area contributed by atoms with Gasteiger partial charge in [0.2, 0.25) is 5.75 Å². The van der Waals surface area contributed by atoms with Crippen molar-refractivity contribution in [2.75, 3.05) is 54.6 Å². The highest BCUT2D eigenvalue weighted by atomic mass is 32.1. The average molecular weight is 738 g/mol. The summed E-state index contributed by atoms with van der Waals surface area (Å²) in [5.74, 6) is 4.07. The fraction of sp³-hybridized carbons (Fsp3) is 0.372. The van der Waals surface area contributed by atoms with Crippen LogP contribution in [-0.2, 0) is 0 Å². The number of thiazole rings is 1. The van der Waals surface area contributed by atoms with Crippen molar-refractivity contribution >= 4 is 33.7 Å². The molecule has 1 aliphatic heterocycles. The molecule has 280 valence electrons. The molecule has 0 N–H and O–H groups in total. The number of hydrogen-bond donors (Lipinski definition) is 0. The quantitative estimate of drug-likeness (QED) is 0.0981. The van der Waals surface area contributed by atoms with E-state index in [2.05, 4.69) is 80.0 Å². The van der Waals surface area contributed by atoms with Gasteiger partial charge in [0, 0.05) is 43.8 Å². The fourth-order valence-corrected chi connectivity index (χ4v) is 7.68. The summed E-state index contributed by atoms with van der Waals surface area (Å²) in [5, 5.41) is 1.03. The van der Waals surface area contributed by atoms with Crippen LogP contribution in [0.2, 0.25) is 0 Å². The van der Waals surface area contributed by atoms with Gasteiger partial charge in [-0.2, -0.15) is 0 Å². The van der Waals surface area contributed by atoms with E-state index in [9.17, 15) is 0 Å². The number of methoxy groups -OCH3 is 4. The summed E-state index contributed by atoms with van der Waals surface area (Å²) in [6, 6.07) is 26.9. The lowest BCUT2D eigenvalue weighted by Gasteiger charge is -2.43. The Labute approximate surface area is 317 Å². The van der Waals surface area contributed by atoms with E-state index in [-0.39, 0.29) is 24.3 Å². The Hall–Kier alpha value is -4.77. The van der Waals surface area contributed by atoms with E-state index >= 15 is 0 Å². The minimum atomic E-state index is -0.0600. The van der Waals surface area contributed by atoms with Crippen LogP contribution in [-0.4, -0.2) is 93.7 Å². The summed E-state index contributed by atoms with van der Waals surface area (Å²) in [4.78, 5) is 9.84. The molecule has 4 atom stereocenters. The van der Waals surface area contributed by atoms with Crippen LogP contribution in [0.25, 0.3) is 32.9 Å². The van der Waals surface area contributed by atoms with Gasteiger partial charge < -0.3 is 28.4 Å². The second-order valence-electron chi connectivity index (χ2n) is 13.4. The van der Waals surface area contributed by atoms with Crippen LogP contribution in [0.5, 0.6) is 34.5 Å². The third-order valence-electron chi connectivity index (χ3n) is 10.2. The molecule has 53 heavy (non-hydrogen) atoms. The summed E-state index contributed by atoms with van der Waals surface area (Å²) in [6.45, 7) is 12.7. The molecule has 2 heterocycles. The first-order valence-electron chi connectivity index (χ1n) is 18.1. The molecule has 0 aliphatic carbocycles. The van der Waals surface area contributed by atoms with Crippen molar-refractivity contribution in [3.63, 3.8) is 0 Å². The van der Waals surface area contributed by atoms with Crippen LogP contribution in [0.4, 0.5) is 0 Å². The van der Waals surface area contributed by atoms with Crippen LogP contribution in [0.1, 0.15) is 38.8 Å². The van der Waals surface area contributed by atoms with Crippen LogP contribution >= 0.6 is 11.3 Å². The van der Waals surface area contributed by atoms with Gasteiger partial charge in [-0.05, 0) is 99.5 Å². The Morgan fingerprint density at radius 2 is 1.17 bits per heavy atom. The van der Waals surface area contributed by atoms with Gasteiger partial charge in [-0.15, -0.1) is 11.3 Å². The zero-order valence-electron chi connectivity index (χ0n) is 32.0. The Balaban J connectivity index is 1.02. The third kappa shape index (κ3) is 8.89. The summed E-state index contributed by atoms with van der Waals surface area (Å²) in [6.07, 6.45) is 4.02. The molecule has 0 amide bonds. The normalized spacial score (nSPS) is 16.2. The van der Waals surface area contributed by atoms with E-state index in [4.69, 9.17) is 33.4 Å². The molecule has 10 heteroatoms. The number of benzene rings is 4. The highest BCUT2D eigenvalue weighted by Gasteiger charge is 2.30. The van der Waals surface area contributed by atoms with E-state index in [1.807, 2.05) is 48.6 Å². The number of rotatable bonds is 15. The molecule has 0 bridgehead atoms. The Kier molecular flexibility index (Phi) is 12.4. The van der Waals surface area contributed by atoms with Crippen molar-refractivity contribution in [1.82, 2.24) is 14.8 Å². The van der Waals surface area contributed by atoms with Crippen LogP contribution in [0.3, 0.4) is 0 Å². The Morgan fingerprint density at radius 3 is 1.75 bits per heavy atom. The number of aromatic nitrogens is 1. The molecular weight excluding hydrogens is 687 g/mol. The molecule has 0 radical (unpaired) electrons. The van der Waals surface area contributed by atoms with Crippen molar-refractivity contribution in [3.05, 3.63) is 90.0 Å². The molecule has 0 spiro atoms. The molecule has 1 aromatic heterocycles. The minimum absolute atomic E-state index is 0.0390. The van der Waals surface area contributed by atoms with Crippen molar-refractivity contribution in [2.45, 2.75) is 52.0 Å². The Bertz CT molecular complexity index is 1930. The Morgan fingerprint density at radius 1 is 0.604 bits per heavy atom.